The SMILES string of the molecule is CCN(Cc1ccc2c(c1)OCCO2)C(=O)COC(=O)/C=C/c1ccc(C#N)cc1. The van der Waals surface area contributed by atoms with Gasteiger partial charge in [-0.3, -0.25) is 4.79 Å². The molecule has 154 valence electrons. The fourth-order valence-electron chi connectivity index (χ4n) is 2.89. The van der Waals surface area contributed by atoms with Gasteiger partial charge in [0.2, 0.25) is 0 Å². The molecule has 0 radical (unpaired) electrons. The van der Waals surface area contributed by atoms with Crippen LogP contribution in [0.3, 0.4) is 0 Å². The lowest BCUT2D eigenvalue weighted by Gasteiger charge is -2.23. The van der Waals surface area contributed by atoms with Crippen molar-refractivity contribution in [1.29, 1.82) is 5.26 Å². The molecular formula is C23H22N2O5. The molecule has 0 aromatic heterocycles. The molecule has 0 atom stereocenters. The van der Waals surface area contributed by atoms with Crippen molar-refractivity contribution in [3.63, 3.8) is 0 Å². The van der Waals surface area contributed by atoms with E-state index in [0.717, 1.165) is 11.1 Å². The minimum absolute atomic E-state index is 0.285. The average Bonchev–Trinajstić information content (AvgIpc) is 2.79. The van der Waals surface area contributed by atoms with Crippen LogP contribution < -0.4 is 9.47 Å². The maximum absolute atomic E-state index is 12.5. The second-order valence-electron chi connectivity index (χ2n) is 6.56. The fraction of sp³-hybridized carbons (Fsp3) is 0.261. The number of hydrogen-bond donors (Lipinski definition) is 0. The summed E-state index contributed by atoms with van der Waals surface area (Å²) in [5.74, 6) is 0.472. The number of hydrogen-bond acceptors (Lipinski definition) is 6. The third kappa shape index (κ3) is 5.61. The highest BCUT2D eigenvalue weighted by Crippen LogP contribution is 2.31. The number of benzene rings is 2. The van der Waals surface area contributed by atoms with Crippen molar-refractivity contribution in [3.8, 4) is 17.6 Å². The first-order chi connectivity index (χ1) is 14.6. The van der Waals surface area contributed by atoms with Gasteiger partial charge in [-0.25, -0.2) is 4.79 Å². The van der Waals surface area contributed by atoms with Gasteiger partial charge in [-0.2, -0.15) is 5.26 Å². The molecule has 2 aromatic carbocycles. The van der Waals surface area contributed by atoms with Gasteiger partial charge in [0.05, 0.1) is 11.6 Å². The van der Waals surface area contributed by atoms with Crippen molar-refractivity contribution in [2.24, 2.45) is 0 Å². The Morgan fingerprint density at radius 1 is 1.13 bits per heavy atom. The summed E-state index contributed by atoms with van der Waals surface area (Å²) in [7, 11) is 0. The van der Waals surface area contributed by atoms with Crippen LogP contribution >= 0.6 is 0 Å². The molecule has 1 aliphatic heterocycles. The summed E-state index contributed by atoms with van der Waals surface area (Å²) in [6, 6.07) is 14.4. The van der Waals surface area contributed by atoms with Crippen LogP contribution in [0.2, 0.25) is 0 Å². The Labute approximate surface area is 175 Å². The van der Waals surface area contributed by atoms with E-state index in [-0.39, 0.29) is 12.5 Å². The van der Waals surface area contributed by atoms with E-state index in [1.807, 2.05) is 31.2 Å². The van der Waals surface area contributed by atoms with Crippen LogP contribution in [0.5, 0.6) is 11.5 Å². The summed E-state index contributed by atoms with van der Waals surface area (Å²) >= 11 is 0. The topological polar surface area (TPSA) is 88.9 Å². The number of carbonyl (C=O) groups is 2. The van der Waals surface area contributed by atoms with Gasteiger partial charge >= 0.3 is 5.97 Å². The molecule has 0 bridgehead atoms. The van der Waals surface area contributed by atoms with E-state index in [4.69, 9.17) is 19.5 Å². The van der Waals surface area contributed by atoms with E-state index in [2.05, 4.69) is 0 Å². The Hall–Kier alpha value is -3.79. The van der Waals surface area contributed by atoms with Gasteiger partial charge in [-0.05, 0) is 48.4 Å². The first-order valence-corrected chi connectivity index (χ1v) is 9.60. The van der Waals surface area contributed by atoms with Crippen molar-refractivity contribution < 1.29 is 23.8 Å². The van der Waals surface area contributed by atoms with Crippen LogP contribution in [0.1, 0.15) is 23.6 Å². The number of rotatable bonds is 7. The lowest BCUT2D eigenvalue weighted by atomic mass is 10.1. The second-order valence-corrected chi connectivity index (χ2v) is 6.56. The molecule has 3 rings (SSSR count). The quantitative estimate of drug-likeness (QED) is 0.519. The lowest BCUT2D eigenvalue weighted by Crippen LogP contribution is -2.34. The van der Waals surface area contributed by atoms with Crippen molar-refractivity contribution in [3.05, 3.63) is 65.2 Å². The summed E-state index contributed by atoms with van der Waals surface area (Å²) in [4.78, 5) is 26.0. The van der Waals surface area contributed by atoms with Gasteiger partial charge in [0.25, 0.3) is 5.91 Å². The number of esters is 1. The molecule has 1 heterocycles. The molecule has 30 heavy (non-hydrogen) atoms. The Morgan fingerprint density at radius 3 is 2.57 bits per heavy atom. The zero-order valence-corrected chi connectivity index (χ0v) is 16.7. The summed E-state index contributed by atoms with van der Waals surface area (Å²) < 4.78 is 16.1. The van der Waals surface area contributed by atoms with Crippen molar-refractivity contribution in [2.75, 3.05) is 26.4 Å². The Morgan fingerprint density at radius 2 is 1.87 bits per heavy atom. The van der Waals surface area contributed by atoms with Crippen molar-refractivity contribution >= 4 is 18.0 Å². The molecule has 0 saturated heterocycles. The molecule has 1 amide bonds. The van der Waals surface area contributed by atoms with Crippen LogP contribution in [-0.2, 0) is 20.9 Å². The number of nitriles is 1. The van der Waals surface area contributed by atoms with E-state index >= 15 is 0 Å². The molecule has 2 aromatic rings. The van der Waals surface area contributed by atoms with E-state index in [9.17, 15) is 9.59 Å². The zero-order valence-electron chi connectivity index (χ0n) is 16.7. The highest BCUT2D eigenvalue weighted by atomic mass is 16.6. The Balaban J connectivity index is 1.51. The summed E-state index contributed by atoms with van der Waals surface area (Å²) in [5.41, 5.74) is 2.20. The third-order valence-electron chi connectivity index (χ3n) is 4.50. The normalized spacial score (nSPS) is 12.3. The van der Waals surface area contributed by atoms with Gasteiger partial charge in [0.15, 0.2) is 18.1 Å². The van der Waals surface area contributed by atoms with Crippen LogP contribution in [0.25, 0.3) is 6.08 Å². The summed E-state index contributed by atoms with van der Waals surface area (Å²) in [5, 5.41) is 8.79. The van der Waals surface area contributed by atoms with Crippen LogP contribution in [-0.4, -0.2) is 43.1 Å². The second kappa shape index (κ2) is 10.1. The number of likely N-dealkylation sites (N-methyl/N-ethyl adjacent to an activating group) is 1. The number of ether oxygens (including phenoxy) is 3. The standard InChI is InChI=1S/C23H22N2O5/c1-2-25(15-19-7-9-20-21(13-19)29-12-11-28-20)22(26)16-30-23(27)10-8-17-3-5-18(14-24)6-4-17/h3-10,13H,2,11-12,15-16H2,1H3/b10-8+. The van der Waals surface area contributed by atoms with E-state index < -0.39 is 5.97 Å². The van der Waals surface area contributed by atoms with E-state index in [1.165, 1.54) is 6.08 Å². The van der Waals surface area contributed by atoms with Crippen LogP contribution in [0.4, 0.5) is 0 Å². The molecule has 0 unspecified atom stereocenters. The number of carbonyl (C=O) groups excluding carboxylic acids is 2. The number of fused-ring (bicyclic) bond motifs is 1. The minimum atomic E-state index is -0.608. The maximum Gasteiger partial charge on any atom is 0.331 e. The average molecular weight is 406 g/mol. The first kappa shape index (κ1) is 20.9. The minimum Gasteiger partial charge on any atom is -0.486 e. The predicted molar refractivity (Wildman–Crippen MR) is 110 cm³/mol. The first-order valence-electron chi connectivity index (χ1n) is 9.60. The molecule has 0 N–H and O–H groups in total. The van der Waals surface area contributed by atoms with Gasteiger partial charge in [-0.1, -0.05) is 18.2 Å². The third-order valence-corrected chi connectivity index (χ3v) is 4.50. The monoisotopic (exact) mass is 406 g/mol. The Kier molecular flexibility index (Phi) is 7.06. The molecule has 0 spiro atoms. The number of amides is 1. The van der Waals surface area contributed by atoms with E-state index in [0.29, 0.717) is 43.4 Å². The smallest absolute Gasteiger partial charge is 0.331 e. The molecule has 1 aliphatic rings. The molecular weight excluding hydrogens is 384 g/mol. The summed E-state index contributed by atoms with van der Waals surface area (Å²) in [6.07, 6.45) is 2.83. The fourth-order valence-corrected chi connectivity index (χ4v) is 2.89. The predicted octanol–water partition coefficient (Wildman–Crippen LogP) is 2.93. The van der Waals surface area contributed by atoms with Gasteiger partial charge in [-0.15, -0.1) is 0 Å². The molecule has 0 aliphatic carbocycles. The van der Waals surface area contributed by atoms with Crippen LogP contribution in [0.15, 0.2) is 48.5 Å². The molecule has 0 saturated carbocycles. The van der Waals surface area contributed by atoms with E-state index in [1.54, 1.807) is 35.2 Å². The largest absolute Gasteiger partial charge is 0.486 e. The summed E-state index contributed by atoms with van der Waals surface area (Å²) in [6.45, 7) is 3.41. The van der Waals surface area contributed by atoms with Crippen molar-refractivity contribution in [1.82, 2.24) is 4.90 Å². The lowest BCUT2D eigenvalue weighted by molar-refractivity contribution is -0.148. The molecule has 7 heteroatoms. The molecule has 7 nitrogen and oxygen atoms in total. The zero-order chi connectivity index (χ0) is 21.3. The van der Waals surface area contributed by atoms with Gasteiger partial charge in [0.1, 0.15) is 13.2 Å². The van der Waals surface area contributed by atoms with Gasteiger partial charge in [0, 0.05) is 19.2 Å². The highest BCUT2D eigenvalue weighted by Gasteiger charge is 2.17. The highest BCUT2D eigenvalue weighted by molar-refractivity contribution is 5.89. The maximum atomic E-state index is 12.5. The molecule has 0 fully saturated rings. The van der Waals surface area contributed by atoms with Crippen molar-refractivity contribution in [2.45, 2.75) is 13.5 Å². The van der Waals surface area contributed by atoms with Crippen LogP contribution in [0, 0.1) is 11.3 Å². The Bertz CT molecular complexity index is 976. The van der Waals surface area contributed by atoms with Gasteiger partial charge < -0.3 is 19.1 Å². The number of nitrogens with zero attached hydrogens (tertiary/aromatic N) is 2.